The molecule has 28 heavy (non-hydrogen) atoms. The molecule has 2 fully saturated rings. The fourth-order valence-corrected chi connectivity index (χ4v) is 3.27. The van der Waals surface area contributed by atoms with Crippen molar-refractivity contribution in [2.45, 2.75) is 31.0 Å². The smallest absolute Gasteiger partial charge is 0.407 e. The lowest BCUT2D eigenvalue weighted by Gasteiger charge is -2.17. The Labute approximate surface area is 161 Å². The number of nitrogens with zero attached hydrogens (tertiary/aromatic N) is 1. The Balaban J connectivity index is 1.27. The van der Waals surface area contributed by atoms with Gasteiger partial charge in [0, 0.05) is 18.9 Å². The van der Waals surface area contributed by atoms with Crippen LogP contribution in [0.2, 0.25) is 0 Å². The summed E-state index contributed by atoms with van der Waals surface area (Å²) >= 11 is 0. The van der Waals surface area contributed by atoms with Crippen molar-refractivity contribution in [2.24, 2.45) is 0 Å². The molecule has 146 valence electrons. The van der Waals surface area contributed by atoms with Gasteiger partial charge in [-0.15, -0.1) is 0 Å². The minimum Gasteiger partial charge on any atom is -0.453 e. The molecule has 0 bridgehead atoms. The second-order valence-electron chi connectivity index (χ2n) is 6.56. The quantitative estimate of drug-likeness (QED) is 0.784. The lowest BCUT2D eigenvalue weighted by atomic mass is 10.1. The van der Waals surface area contributed by atoms with Gasteiger partial charge in [-0.25, -0.2) is 9.59 Å². The average Bonchev–Trinajstić information content (AvgIpc) is 3.31. The van der Waals surface area contributed by atoms with Crippen molar-refractivity contribution in [3.05, 3.63) is 66.0 Å². The molecule has 4 atom stereocenters. The number of carbonyl (C=O) groups excluding carboxylic acids is 2. The monoisotopic (exact) mass is 384 g/mol. The number of ether oxygens (including phenoxy) is 4. The molecule has 4 rings (SSSR count). The molecular weight excluding hydrogens is 364 g/mol. The van der Waals surface area contributed by atoms with Crippen molar-refractivity contribution >= 4 is 12.1 Å². The van der Waals surface area contributed by atoms with Crippen LogP contribution in [0.25, 0.3) is 0 Å². The van der Waals surface area contributed by atoms with Crippen molar-refractivity contribution in [2.75, 3.05) is 13.2 Å². The highest BCUT2D eigenvalue weighted by atomic mass is 16.7. The molecule has 0 unspecified atom stereocenters. The van der Waals surface area contributed by atoms with Crippen LogP contribution < -0.4 is 5.32 Å². The SMILES string of the molecule is O=C(NCc1ccccc1)O[C@H]1CO[C@H]2[C@@H]1OC[C@H]2OC(=O)c1ccncc1. The van der Waals surface area contributed by atoms with Gasteiger partial charge in [-0.3, -0.25) is 4.98 Å². The summed E-state index contributed by atoms with van der Waals surface area (Å²) in [7, 11) is 0. The van der Waals surface area contributed by atoms with Crippen LogP contribution in [0.15, 0.2) is 54.9 Å². The topological polar surface area (TPSA) is 96.0 Å². The molecule has 8 heteroatoms. The fourth-order valence-electron chi connectivity index (χ4n) is 3.27. The van der Waals surface area contributed by atoms with E-state index in [4.69, 9.17) is 18.9 Å². The zero-order valence-electron chi connectivity index (χ0n) is 15.0. The first-order chi connectivity index (χ1) is 13.7. The lowest BCUT2D eigenvalue weighted by molar-refractivity contribution is -0.0231. The largest absolute Gasteiger partial charge is 0.453 e. The molecule has 2 aliphatic heterocycles. The number of amides is 1. The third-order valence-electron chi connectivity index (χ3n) is 4.68. The number of carbonyl (C=O) groups is 2. The summed E-state index contributed by atoms with van der Waals surface area (Å²) < 4.78 is 22.3. The molecule has 1 N–H and O–H groups in total. The summed E-state index contributed by atoms with van der Waals surface area (Å²) in [6.45, 7) is 0.753. The number of hydrogen-bond donors (Lipinski definition) is 1. The van der Waals surface area contributed by atoms with Gasteiger partial charge in [0.2, 0.25) is 0 Å². The second-order valence-corrected chi connectivity index (χ2v) is 6.56. The number of rotatable bonds is 5. The van der Waals surface area contributed by atoms with Gasteiger partial charge < -0.3 is 24.3 Å². The summed E-state index contributed by atoms with van der Waals surface area (Å²) in [6.07, 6.45) is 0.481. The molecule has 1 aromatic heterocycles. The Morgan fingerprint density at radius 1 is 0.964 bits per heavy atom. The van der Waals surface area contributed by atoms with Crippen LogP contribution >= 0.6 is 0 Å². The first-order valence-electron chi connectivity index (χ1n) is 9.03. The minimum atomic E-state index is -0.551. The number of benzene rings is 1. The van der Waals surface area contributed by atoms with Crippen molar-refractivity contribution in [1.29, 1.82) is 0 Å². The fraction of sp³-hybridized carbons (Fsp3) is 0.350. The van der Waals surface area contributed by atoms with E-state index in [1.54, 1.807) is 12.1 Å². The maximum Gasteiger partial charge on any atom is 0.407 e. The molecular formula is C20H20N2O6. The highest BCUT2D eigenvalue weighted by Gasteiger charge is 2.51. The van der Waals surface area contributed by atoms with Crippen molar-refractivity contribution in [3.8, 4) is 0 Å². The van der Waals surface area contributed by atoms with Crippen LogP contribution in [0.5, 0.6) is 0 Å². The van der Waals surface area contributed by atoms with E-state index in [2.05, 4.69) is 10.3 Å². The Kier molecular flexibility index (Phi) is 5.50. The number of alkyl carbamates (subject to hydrolysis) is 1. The highest BCUT2D eigenvalue weighted by Crippen LogP contribution is 2.31. The number of fused-ring (bicyclic) bond motifs is 1. The van der Waals surface area contributed by atoms with Gasteiger partial charge in [0.05, 0.1) is 18.8 Å². The van der Waals surface area contributed by atoms with E-state index >= 15 is 0 Å². The maximum absolute atomic E-state index is 12.2. The van der Waals surface area contributed by atoms with Crippen molar-refractivity contribution < 1.29 is 28.5 Å². The standard InChI is InChI=1S/C20H20N2O6/c23-19(14-6-8-21-9-7-14)27-15-11-25-18-16(12-26-17(15)18)28-20(24)22-10-13-4-2-1-3-5-13/h1-9,15-18H,10-12H2,(H,22,24)/t15-,16+,17-,18-/m1/s1. The van der Waals surface area contributed by atoms with Gasteiger partial charge in [-0.05, 0) is 17.7 Å². The number of hydrogen-bond acceptors (Lipinski definition) is 7. The van der Waals surface area contributed by atoms with Gasteiger partial charge in [0.15, 0.2) is 12.2 Å². The molecule has 1 amide bonds. The summed E-state index contributed by atoms with van der Waals surface area (Å²) in [5.74, 6) is -0.467. The predicted octanol–water partition coefficient (Wildman–Crippen LogP) is 1.70. The molecule has 1 aromatic carbocycles. The number of pyridine rings is 1. The Morgan fingerprint density at radius 2 is 1.61 bits per heavy atom. The van der Waals surface area contributed by atoms with Crippen molar-refractivity contribution in [3.63, 3.8) is 0 Å². The first-order valence-corrected chi connectivity index (χ1v) is 9.03. The Hall–Kier alpha value is -2.97. The Morgan fingerprint density at radius 3 is 2.29 bits per heavy atom. The van der Waals surface area contributed by atoms with E-state index in [-0.39, 0.29) is 13.2 Å². The molecule has 0 spiro atoms. The number of esters is 1. The van der Waals surface area contributed by atoms with E-state index < -0.39 is 36.5 Å². The van der Waals surface area contributed by atoms with Crippen LogP contribution in [0, 0.1) is 0 Å². The third-order valence-corrected chi connectivity index (χ3v) is 4.68. The van der Waals surface area contributed by atoms with Crippen LogP contribution in [-0.2, 0) is 25.5 Å². The zero-order chi connectivity index (χ0) is 19.3. The van der Waals surface area contributed by atoms with Gasteiger partial charge in [0.25, 0.3) is 0 Å². The van der Waals surface area contributed by atoms with Gasteiger partial charge >= 0.3 is 12.1 Å². The molecule has 2 saturated heterocycles. The summed E-state index contributed by atoms with van der Waals surface area (Å²) in [5.41, 5.74) is 1.38. The second kappa shape index (κ2) is 8.37. The van der Waals surface area contributed by atoms with E-state index in [1.165, 1.54) is 12.4 Å². The van der Waals surface area contributed by atoms with E-state index in [9.17, 15) is 9.59 Å². The van der Waals surface area contributed by atoms with E-state index in [1.807, 2.05) is 30.3 Å². The predicted molar refractivity (Wildman–Crippen MR) is 96.5 cm³/mol. The molecule has 0 saturated carbocycles. The molecule has 8 nitrogen and oxygen atoms in total. The van der Waals surface area contributed by atoms with E-state index in [0.717, 1.165) is 5.56 Å². The average molecular weight is 384 g/mol. The lowest BCUT2D eigenvalue weighted by Crippen LogP contribution is -2.38. The molecule has 2 aliphatic rings. The van der Waals surface area contributed by atoms with Crippen LogP contribution in [0.1, 0.15) is 15.9 Å². The van der Waals surface area contributed by atoms with E-state index in [0.29, 0.717) is 12.1 Å². The molecule has 0 aliphatic carbocycles. The number of aromatic nitrogens is 1. The normalized spacial score (nSPS) is 25.7. The molecule has 3 heterocycles. The summed E-state index contributed by atoms with van der Waals surface area (Å²) in [5, 5.41) is 2.71. The molecule has 0 radical (unpaired) electrons. The van der Waals surface area contributed by atoms with Crippen LogP contribution in [0.4, 0.5) is 4.79 Å². The van der Waals surface area contributed by atoms with Crippen LogP contribution in [-0.4, -0.2) is 54.7 Å². The summed E-state index contributed by atoms with van der Waals surface area (Å²) in [6, 6.07) is 12.7. The minimum absolute atomic E-state index is 0.192. The van der Waals surface area contributed by atoms with Crippen LogP contribution in [0.3, 0.4) is 0 Å². The highest BCUT2D eigenvalue weighted by molar-refractivity contribution is 5.89. The summed E-state index contributed by atoms with van der Waals surface area (Å²) in [4.78, 5) is 28.2. The zero-order valence-corrected chi connectivity index (χ0v) is 15.0. The van der Waals surface area contributed by atoms with Gasteiger partial charge in [-0.1, -0.05) is 30.3 Å². The third kappa shape index (κ3) is 4.13. The maximum atomic E-state index is 12.2. The molecule has 2 aromatic rings. The van der Waals surface area contributed by atoms with Gasteiger partial charge in [0.1, 0.15) is 12.2 Å². The van der Waals surface area contributed by atoms with Gasteiger partial charge in [-0.2, -0.15) is 0 Å². The first kappa shape index (κ1) is 18.4. The van der Waals surface area contributed by atoms with Crippen molar-refractivity contribution in [1.82, 2.24) is 10.3 Å². The number of nitrogens with one attached hydrogen (secondary N) is 1. The Bertz CT molecular complexity index is 816.